The number of hydrogen-bond acceptors (Lipinski definition) is 3. The zero-order valence-electron chi connectivity index (χ0n) is 9.38. The second-order valence-electron chi connectivity index (χ2n) is 3.65. The summed E-state index contributed by atoms with van der Waals surface area (Å²) < 4.78 is 13.7. The van der Waals surface area contributed by atoms with E-state index in [0.717, 1.165) is 22.2 Å². The van der Waals surface area contributed by atoms with E-state index >= 15 is 0 Å². The third-order valence-corrected chi connectivity index (χ3v) is 3.22. The van der Waals surface area contributed by atoms with Crippen molar-refractivity contribution in [3.05, 3.63) is 29.6 Å². The number of hydrogen-bond donors (Lipinski definition) is 1. The maximum Gasteiger partial charge on any atom is 0.433 e. The Morgan fingerprint density at radius 2 is 2.28 bits per heavy atom. The second kappa shape index (κ2) is 4.77. The van der Waals surface area contributed by atoms with Crippen molar-refractivity contribution in [1.82, 2.24) is 0 Å². The molecule has 94 valence electrons. The Hall–Kier alpha value is -1.89. The molecule has 1 fully saturated rings. The SMILES string of the molecule is Cc1ccc(F)c(N2C(=O)CSC2=NC(=O)O)c1. The number of aliphatic imine (C=N–C) groups is 1. The minimum absolute atomic E-state index is 0.0167. The molecule has 0 bridgehead atoms. The number of nitrogens with zero attached hydrogens (tertiary/aromatic N) is 2. The van der Waals surface area contributed by atoms with Crippen LogP contribution in [0, 0.1) is 12.7 Å². The van der Waals surface area contributed by atoms with Gasteiger partial charge in [-0.3, -0.25) is 9.69 Å². The largest absolute Gasteiger partial charge is 0.463 e. The van der Waals surface area contributed by atoms with Crippen molar-refractivity contribution in [3.63, 3.8) is 0 Å². The van der Waals surface area contributed by atoms with Gasteiger partial charge in [-0.05, 0) is 24.6 Å². The predicted molar refractivity (Wildman–Crippen MR) is 66.5 cm³/mol. The highest BCUT2D eigenvalue weighted by Crippen LogP contribution is 2.29. The van der Waals surface area contributed by atoms with E-state index in [2.05, 4.69) is 4.99 Å². The van der Waals surface area contributed by atoms with Crippen molar-refractivity contribution in [1.29, 1.82) is 0 Å². The van der Waals surface area contributed by atoms with Crippen molar-refractivity contribution in [2.45, 2.75) is 6.92 Å². The summed E-state index contributed by atoms with van der Waals surface area (Å²) in [5, 5.41) is 8.60. The van der Waals surface area contributed by atoms with Crippen LogP contribution in [0.5, 0.6) is 0 Å². The first-order valence-electron chi connectivity index (χ1n) is 5.02. The molecule has 1 aliphatic rings. The molecule has 0 saturated carbocycles. The van der Waals surface area contributed by atoms with Gasteiger partial charge >= 0.3 is 6.09 Å². The van der Waals surface area contributed by atoms with Gasteiger partial charge in [-0.2, -0.15) is 4.99 Å². The standard InChI is InChI=1S/C11H9FN2O3S/c1-6-2-3-7(12)8(4-6)14-9(15)5-18-10(14)13-11(16)17/h2-4H,5H2,1H3,(H,16,17). The molecule has 1 aromatic rings. The highest BCUT2D eigenvalue weighted by Gasteiger charge is 2.32. The van der Waals surface area contributed by atoms with Crippen LogP contribution in [0.4, 0.5) is 14.9 Å². The summed E-state index contributed by atoms with van der Waals surface area (Å²) >= 11 is 0.975. The van der Waals surface area contributed by atoms with Gasteiger partial charge in [0.1, 0.15) is 5.82 Å². The summed E-state index contributed by atoms with van der Waals surface area (Å²) in [5.41, 5.74) is 0.802. The van der Waals surface area contributed by atoms with Gasteiger partial charge in [0.15, 0.2) is 5.17 Å². The third kappa shape index (κ3) is 2.35. The Kier molecular flexibility index (Phi) is 3.33. The molecule has 1 heterocycles. The molecule has 2 rings (SSSR count). The second-order valence-corrected chi connectivity index (χ2v) is 4.59. The van der Waals surface area contributed by atoms with Crippen molar-refractivity contribution in [2.24, 2.45) is 4.99 Å². The molecule has 0 aromatic heterocycles. The van der Waals surface area contributed by atoms with Crippen molar-refractivity contribution in [2.75, 3.05) is 10.7 Å². The molecule has 1 aliphatic heterocycles. The Morgan fingerprint density at radius 1 is 1.56 bits per heavy atom. The molecular formula is C11H9FN2O3S. The van der Waals surface area contributed by atoms with E-state index in [9.17, 15) is 14.0 Å². The Labute approximate surface area is 106 Å². The molecule has 0 aliphatic carbocycles. The molecule has 18 heavy (non-hydrogen) atoms. The van der Waals surface area contributed by atoms with Crippen molar-refractivity contribution >= 4 is 34.6 Å². The van der Waals surface area contributed by atoms with E-state index in [1.165, 1.54) is 12.1 Å². The summed E-state index contributed by atoms with van der Waals surface area (Å²) in [4.78, 5) is 26.5. The van der Waals surface area contributed by atoms with Gasteiger partial charge in [-0.1, -0.05) is 17.8 Å². The molecule has 0 spiro atoms. The quantitative estimate of drug-likeness (QED) is 0.848. The molecule has 7 heteroatoms. The molecular weight excluding hydrogens is 259 g/mol. The van der Waals surface area contributed by atoms with Gasteiger partial charge in [-0.15, -0.1) is 0 Å². The average Bonchev–Trinajstić information content (AvgIpc) is 2.63. The number of thioether (sulfide) groups is 1. The lowest BCUT2D eigenvalue weighted by atomic mass is 10.2. The van der Waals surface area contributed by atoms with Crippen molar-refractivity contribution < 1.29 is 19.1 Å². The number of benzene rings is 1. The van der Waals surface area contributed by atoms with Crippen LogP contribution >= 0.6 is 11.8 Å². The van der Waals surface area contributed by atoms with E-state index in [4.69, 9.17) is 5.11 Å². The van der Waals surface area contributed by atoms with Crippen LogP contribution in [0.2, 0.25) is 0 Å². The van der Waals surface area contributed by atoms with E-state index < -0.39 is 11.9 Å². The van der Waals surface area contributed by atoms with Gasteiger partial charge < -0.3 is 5.11 Å². The summed E-state index contributed by atoms with van der Waals surface area (Å²) in [6, 6.07) is 4.29. The molecule has 1 N–H and O–H groups in total. The Bertz CT molecular complexity index is 559. The maximum absolute atomic E-state index is 13.7. The molecule has 1 saturated heterocycles. The van der Waals surface area contributed by atoms with E-state index in [1.807, 2.05) is 0 Å². The van der Waals surface area contributed by atoms with Gasteiger partial charge in [0.05, 0.1) is 11.4 Å². The van der Waals surface area contributed by atoms with Crippen LogP contribution in [0.3, 0.4) is 0 Å². The first-order valence-corrected chi connectivity index (χ1v) is 6.01. The number of halogens is 1. The number of anilines is 1. The van der Waals surface area contributed by atoms with Crippen LogP contribution in [-0.4, -0.2) is 28.0 Å². The first kappa shape index (κ1) is 12.6. The molecule has 5 nitrogen and oxygen atoms in total. The monoisotopic (exact) mass is 268 g/mol. The fraction of sp³-hybridized carbons (Fsp3) is 0.182. The molecule has 0 unspecified atom stereocenters. The Morgan fingerprint density at radius 3 is 2.94 bits per heavy atom. The summed E-state index contributed by atoms with van der Waals surface area (Å²) in [6.45, 7) is 1.75. The van der Waals surface area contributed by atoms with Crippen LogP contribution in [0.25, 0.3) is 0 Å². The van der Waals surface area contributed by atoms with Crippen LogP contribution in [0.1, 0.15) is 5.56 Å². The van der Waals surface area contributed by atoms with Gasteiger partial charge in [-0.25, -0.2) is 9.18 Å². The van der Waals surface area contributed by atoms with Crippen LogP contribution in [0.15, 0.2) is 23.2 Å². The fourth-order valence-electron chi connectivity index (χ4n) is 1.56. The number of rotatable bonds is 1. The Balaban J connectivity index is 2.49. The zero-order valence-corrected chi connectivity index (χ0v) is 10.2. The van der Waals surface area contributed by atoms with Gasteiger partial charge in [0.25, 0.3) is 0 Å². The van der Waals surface area contributed by atoms with E-state index in [0.29, 0.717) is 0 Å². The lowest BCUT2D eigenvalue weighted by Crippen LogP contribution is -2.30. The van der Waals surface area contributed by atoms with Gasteiger partial charge in [0, 0.05) is 0 Å². The normalized spacial score (nSPS) is 17.6. The minimum atomic E-state index is -1.41. The van der Waals surface area contributed by atoms with Crippen molar-refractivity contribution in [3.8, 4) is 0 Å². The number of aryl methyl sites for hydroxylation is 1. The lowest BCUT2D eigenvalue weighted by molar-refractivity contribution is -0.115. The molecule has 0 radical (unpaired) electrons. The maximum atomic E-state index is 13.7. The summed E-state index contributed by atoms with van der Waals surface area (Å²) in [7, 11) is 0. The van der Waals surface area contributed by atoms with Crippen LogP contribution in [-0.2, 0) is 4.79 Å². The number of amidine groups is 1. The lowest BCUT2D eigenvalue weighted by Gasteiger charge is -2.16. The van der Waals surface area contributed by atoms with Crippen LogP contribution < -0.4 is 4.90 Å². The number of amides is 2. The smallest absolute Gasteiger partial charge is 0.433 e. The molecule has 0 atom stereocenters. The average molecular weight is 268 g/mol. The van der Waals surface area contributed by atoms with E-state index in [1.54, 1.807) is 13.0 Å². The number of carboxylic acid groups (broad SMARTS) is 1. The third-order valence-electron chi connectivity index (χ3n) is 2.30. The summed E-state index contributed by atoms with van der Waals surface area (Å²) in [6.07, 6.45) is -1.41. The number of carbonyl (C=O) groups excluding carboxylic acids is 1. The number of carbonyl (C=O) groups is 2. The fourth-order valence-corrected chi connectivity index (χ4v) is 2.41. The molecule has 1 aromatic carbocycles. The highest BCUT2D eigenvalue weighted by molar-refractivity contribution is 8.15. The minimum Gasteiger partial charge on any atom is -0.463 e. The molecule has 2 amide bonds. The van der Waals surface area contributed by atoms with Gasteiger partial charge in [0.2, 0.25) is 5.91 Å². The predicted octanol–water partition coefficient (Wildman–Crippen LogP) is 2.25. The summed E-state index contributed by atoms with van der Waals surface area (Å²) in [5.74, 6) is -0.918. The highest BCUT2D eigenvalue weighted by atomic mass is 32.2. The first-order chi connectivity index (χ1) is 8.49. The topological polar surface area (TPSA) is 70.0 Å². The van der Waals surface area contributed by atoms with E-state index in [-0.39, 0.29) is 22.5 Å². The zero-order chi connectivity index (χ0) is 13.3.